The number of nitrogens with zero attached hydrogens (tertiary/aromatic N) is 2. The van der Waals surface area contributed by atoms with Gasteiger partial charge in [-0.2, -0.15) is 0 Å². The van der Waals surface area contributed by atoms with Gasteiger partial charge in [0.25, 0.3) is 0 Å². The topological polar surface area (TPSA) is 26.9 Å². The molecule has 0 saturated carbocycles. The van der Waals surface area contributed by atoms with Gasteiger partial charge in [-0.25, -0.2) is 0 Å². The van der Waals surface area contributed by atoms with Gasteiger partial charge in [-0.15, -0.1) is 0 Å². The molecule has 1 aromatic carbocycles. The number of rotatable bonds is 1. The molecule has 2 heterocycles. The Hall–Kier alpha value is -2.03. The van der Waals surface area contributed by atoms with Crippen molar-refractivity contribution < 1.29 is 4.79 Å². The quantitative estimate of drug-likeness (QED) is 0.586. The Morgan fingerprint density at radius 2 is 1.88 bits per heavy atom. The van der Waals surface area contributed by atoms with Crippen molar-refractivity contribution in [3.05, 3.63) is 35.5 Å². The highest BCUT2D eigenvalue weighted by Gasteiger charge is 2.14. The maximum atomic E-state index is 11.0. The van der Waals surface area contributed by atoms with Crippen molar-refractivity contribution in [3.63, 3.8) is 0 Å². The molecule has 0 bridgehead atoms. The standard InChI is InChI=1S/C14H14N2O/c1-9-5-4-6-11-12-7-10(8-17)15(2)14(12)16(3)13(9)11/h4-8H,1-3H3. The Morgan fingerprint density at radius 3 is 2.59 bits per heavy atom. The fourth-order valence-electron chi connectivity index (χ4n) is 2.76. The minimum Gasteiger partial charge on any atom is -0.330 e. The third-order valence-electron chi connectivity index (χ3n) is 3.54. The molecule has 0 aliphatic carbocycles. The van der Waals surface area contributed by atoms with Gasteiger partial charge >= 0.3 is 0 Å². The molecule has 0 radical (unpaired) electrons. The Bertz CT molecular complexity index is 747. The number of aldehydes is 1. The summed E-state index contributed by atoms with van der Waals surface area (Å²) in [6.07, 6.45) is 0.904. The van der Waals surface area contributed by atoms with Crippen molar-refractivity contribution in [2.45, 2.75) is 6.92 Å². The van der Waals surface area contributed by atoms with Crippen LogP contribution in [0.5, 0.6) is 0 Å². The molecule has 3 aromatic rings. The van der Waals surface area contributed by atoms with Crippen LogP contribution in [0.25, 0.3) is 21.9 Å². The van der Waals surface area contributed by atoms with E-state index in [1.165, 1.54) is 16.5 Å². The molecule has 0 unspecified atom stereocenters. The van der Waals surface area contributed by atoms with Crippen molar-refractivity contribution in [2.24, 2.45) is 14.1 Å². The number of carbonyl (C=O) groups is 1. The van der Waals surface area contributed by atoms with Crippen LogP contribution in [0, 0.1) is 6.92 Å². The summed E-state index contributed by atoms with van der Waals surface area (Å²) in [7, 11) is 3.98. The molecule has 17 heavy (non-hydrogen) atoms. The number of hydrogen-bond acceptors (Lipinski definition) is 1. The fraction of sp³-hybridized carbons (Fsp3) is 0.214. The van der Waals surface area contributed by atoms with Gasteiger partial charge in [-0.1, -0.05) is 18.2 Å². The first kappa shape index (κ1) is 10.1. The first-order chi connectivity index (χ1) is 8.15. The smallest absolute Gasteiger partial charge is 0.166 e. The van der Waals surface area contributed by atoms with Gasteiger partial charge in [0.2, 0.25) is 0 Å². The van der Waals surface area contributed by atoms with Crippen LogP contribution in [-0.2, 0) is 14.1 Å². The number of aryl methyl sites for hydroxylation is 3. The van der Waals surface area contributed by atoms with E-state index in [-0.39, 0.29) is 0 Å². The summed E-state index contributed by atoms with van der Waals surface area (Å²) in [5.74, 6) is 0. The molecule has 0 fully saturated rings. The number of fused-ring (bicyclic) bond motifs is 3. The van der Waals surface area contributed by atoms with E-state index in [1.54, 1.807) is 0 Å². The van der Waals surface area contributed by atoms with E-state index in [4.69, 9.17) is 0 Å². The third kappa shape index (κ3) is 1.14. The van der Waals surface area contributed by atoms with E-state index >= 15 is 0 Å². The molecule has 0 aliphatic rings. The SMILES string of the molecule is Cc1cccc2c3cc(C=O)n(C)c3n(C)c12. The van der Waals surface area contributed by atoms with Gasteiger partial charge in [0, 0.05) is 24.9 Å². The van der Waals surface area contributed by atoms with E-state index in [0.29, 0.717) is 5.69 Å². The van der Waals surface area contributed by atoms with Crippen molar-refractivity contribution >= 4 is 28.2 Å². The predicted molar refractivity (Wildman–Crippen MR) is 69.5 cm³/mol. The van der Waals surface area contributed by atoms with Crippen molar-refractivity contribution in [1.82, 2.24) is 9.13 Å². The van der Waals surface area contributed by atoms with Crippen LogP contribution in [0.4, 0.5) is 0 Å². The number of benzene rings is 1. The van der Waals surface area contributed by atoms with E-state index in [1.807, 2.05) is 24.7 Å². The van der Waals surface area contributed by atoms with Gasteiger partial charge in [-0.3, -0.25) is 4.79 Å². The van der Waals surface area contributed by atoms with E-state index in [0.717, 1.165) is 17.3 Å². The predicted octanol–water partition coefficient (Wildman–Crippen LogP) is 2.79. The van der Waals surface area contributed by atoms with Crippen LogP contribution in [-0.4, -0.2) is 15.4 Å². The zero-order valence-corrected chi connectivity index (χ0v) is 10.2. The zero-order chi connectivity index (χ0) is 12.2. The van der Waals surface area contributed by atoms with Crippen LogP contribution < -0.4 is 0 Å². The third-order valence-corrected chi connectivity index (χ3v) is 3.54. The van der Waals surface area contributed by atoms with Gasteiger partial charge < -0.3 is 9.13 Å². The first-order valence-corrected chi connectivity index (χ1v) is 5.63. The monoisotopic (exact) mass is 226 g/mol. The summed E-state index contributed by atoms with van der Waals surface area (Å²) in [6.45, 7) is 2.11. The molecule has 0 atom stereocenters. The Balaban J connectivity index is 2.63. The highest BCUT2D eigenvalue weighted by atomic mass is 16.1. The molecule has 0 aliphatic heterocycles. The minimum absolute atomic E-state index is 0.717. The van der Waals surface area contributed by atoms with E-state index in [2.05, 4.69) is 29.7 Å². The highest BCUT2D eigenvalue weighted by Crippen LogP contribution is 2.31. The summed E-state index contributed by atoms with van der Waals surface area (Å²) in [6, 6.07) is 8.25. The second-order valence-electron chi connectivity index (χ2n) is 4.51. The number of aromatic nitrogens is 2. The average Bonchev–Trinajstić information content (AvgIpc) is 2.78. The summed E-state index contributed by atoms with van der Waals surface area (Å²) >= 11 is 0. The molecular formula is C14H14N2O. The van der Waals surface area contributed by atoms with Crippen LogP contribution >= 0.6 is 0 Å². The fourth-order valence-corrected chi connectivity index (χ4v) is 2.76. The lowest BCUT2D eigenvalue weighted by Gasteiger charge is -2.04. The second kappa shape index (κ2) is 3.23. The maximum Gasteiger partial charge on any atom is 0.166 e. The summed E-state index contributed by atoms with van der Waals surface area (Å²) in [4.78, 5) is 11.0. The summed E-state index contributed by atoms with van der Waals surface area (Å²) < 4.78 is 4.11. The Kier molecular flexibility index (Phi) is 1.93. The summed E-state index contributed by atoms with van der Waals surface area (Å²) in [5, 5.41) is 2.36. The van der Waals surface area contributed by atoms with Gasteiger partial charge in [0.1, 0.15) is 5.65 Å². The number of carbonyl (C=O) groups excluding carboxylic acids is 1. The lowest BCUT2D eigenvalue weighted by Crippen LogP contribution is -1.99. The average molecular weight is 226 g/mol. The van der Waals surface area contributed by atoms with Crippen LogP contribution in [0.3, 0.4) is 0 Å². The van der Waals surface area contributed by atoms with Crippen molar-refractivity contribution in [2.75, 3.05) is 0 Å². The zero-order valence-electron chi connectivity index (χ0n) is 10.2. The molecule has 86 valence electrons. The molecule has 3 heteroatoms. The molecule has 0 amide bonds. The Morgan fingerprint density at radius 1 is 1.12 bits per heavy atom. The molecule has 2 aromatic heterocycles. The normalized spacial score (nSPS) is 11.5. The highest BCUT2D eigenvalue weighted by molar-refractivity contribution is 6.10. The maximum absolute atomic E-state index is 11.0. The second-order valence-corrected chi connectivity index (χ2v) is 4.51. The molecule has 0 N–H and O–H groups in total. The van der Waals surface area contributed by atoms with Gasteiger partial charge in [-0.05, 0) is 18.6 Å². The largest absolute Gasteiger partial charge is 0.330 e. The van der Waals surface area contributed by atoms with E-state index < -0.39 is 0 Å². The van der Waals surface area contributed by atoms with Crippen molar-refractivity contribution in [1.29, 1.82) is 0 Å². The summed E-state index contributed by atoms with van der Waals surface area (Å²) in [5.41, 5.74) is 4.31. The van der Waals surface area contributed by atoms with Crippen molar-refractivity contribution in [3.8, 4) is 0 Å². The van der Waals surface area contributed by atoms with Crippen LogP contribution in [0.1, 0.15) is 16.1 Å². The first-order valence-electron chi connectivity index (χ1n) is 5.63. The van der Waals surface area contributed by atoms with Crippen LogP contribution in [0.2, 0.25) is 0 Å². The molecule has 0 spiro atoms. The van der Waals surface area contributed by atoms with E-state index in [9.17, 15) is 4.79 Å². The number of para-hydroxylation sites is 1. The number of hydrogen-bond donors (Lipinski definition) is 0. The molecular weight excluding hydrogens is 212 g/mol. The Labute approximate surface area is 99.3 Å². The lowest BCUT2D eigenvalue weighted by molar-refractivity contribution is 0.111. The molecule has 0 saturated heterocycles. The molecule has 3 nitrogen and oxygen atoms in total. The van der Waals surface area contributed by atoms with Gasteiger partial charge in [0.15, 0.2) is 6.29 Å². The van der Waals surface area contributed by atoms with Crippen LogP contribution in [0.15, 0.2) is 24.3 Å². The lowest BCUT2D eigenvalue weighted by atomic mass is 10.1. The minimum atomic E-state index is 0.717. The van der Waals surface area contributed by atoms with Gasteiger partial charge in [0.05, 0.1) is 11.2 Å². The molecule has 3 rings (SSSR count).